The minimum atomic E-state index is -0.471. The van der Waals surface area contributed by atoms with Gasteiger partial charge in [0.2, 0.25) is 5.82 Å². The van der Waals surface area contributed by atoms with Crippen LogP contribution in [0.15, 0.2) is 30.3 Å². The van der Waals surface area contributed by atoms with E-state index in [1.54, 1.807) is 0 Å². The molecular formula is C14H20ClN5O. The van der Waals surface area contributed by atoms with E-state index in [1.165, 1.54) is 4.80 Å². The minimum Gasteiger partial charge on any atom is -0.321 e. The average molecular weight is 310 g/mol. The zero-order valence-electron chi connectivity index (χ0n) is 12.1. The summed E-state index contributed by atoms with van der Waals surface area (Å²) in [5, 5.41) is 12.0. The molecule has 7 heteroatoms. The number of tetrazole rings is 1. The number of hydrogen-bond donors (Lipinski definition) is 1. The van der Waals surface area contributed by atoms with E-state index < -0.39 is 6.04 Å². The fourth-order valence-electron chi connectivity index (χ4n) is 1.91. The molecule has 2 N–H and O–H groups in total. The third-order valence-corrected chi connectivity index (χ3v) is 2.92. The molecule has 0 aliphatic carbocycles. The highest BCUT2D eigenvalue weighted by Gasteiger charge is 2.17. The van der Waals surface area contributed by atoms with Crippen LogP contribution in [-0.2, 0) is 11.3 Å². The monoisotopic (exact) mass is 309 g/mol. The van der Waals surface area contributed by atoms with Gasteiger partial charge in [0, 0.05) is 5.56 Å². The average Bonchev–Trinajstić information content (AvgIpc) is 2.87. The maximum absolute atomic E-state index is 11.9. The first-order chi connectivity index (χ1) is 9.56. The van der Waals surface area contributed by atoms with Crippen LogP contribution in [0.1, 0.15) is 20.3 Å². The van der Waals surface area contributed by atoms with Crippen molar-refractivity contribution in [1.82, 2.24) is 20.2 Å². The van der Waals surface area contributed by atoms with Crippen LogP contribution in [0.4, 0.5) is 0 Å². The molecule has 114 valence electrons. The van der Waals surface area contributed by atoms with Gasteiger partial charge in [-0.15, -0.1) is 22.6 Å². The Hall–Kier alpha value is -1.79. The fraction of sp³-hybridized carbons (Fsp3) is 0.429. The molecule has 21 heavy (non-hydrogen) atoms. The molecule has 0 aliphatic rings. The number of hydrogen-bond acceptors (Lipinski definition) is 5. The lowest BCUT2D eigenvalue weighted by molar-refractivity contribution is -0.121. The van der Waals surface area contributed by atoms with Gasteiger partial charge in [-0.1, -0.05) is 44.2 Å². The molecule has 0 spiro atoms. The molecule has 0 radical (unpaired) electrons. The first-order valence-corrected chi connectivity index (χ1v) is 6.68. The molecule has 0 saturated heterocycles. The fourth-order valence-corrected chi connectivity index (χ4v) is 1.91. The molecule has 2 rings (SSSR count). The van der Waals surface area contributed by atoms with E-state index in [0.717, 1.165) is 5.56 Å². The number of nitrogens with two attached hydrogens (primary N) is 1. The van der Waals surface area contributed by atoms with E-state index in [0.29, 0.717) is 18.2 Å². The van der Waals surface area contributed by atoms with E-state index in [-0.39, 0.29) is 24.7 Å². The summed E-state index contributed by atoms with van der Waals surface area (Å²) in [7, 11) is 0. The molecule has 0 saturated carbocycles. The highest BCUT2D eigenvalue weighted by molar-refractivity contribution is 5.85. The van der Waals surface area contributed by atoms with Gasteiger partial charge in [-0.3, -0.25) is 4.79 Å². The van der Waals surface area contributed by atoms with Crippen molar-refractivity contribution in [2.45, 2.75) is 32.9 Å². The summed E-state index contributed by atoms with van der Waals surface area (Å²) in [6.45, 7) is 4.14. The maximum Gasteiger partial charge on any atom is 0.204 e. The molecule has 1 aromatic heterocycles. The topological polar surface area (TPSA) is 86.7 Å². The standard InChI is InChI=1S/C14H19N5O.ClH/c1-10(2)8-12(15)13(20)9-19-17-14(16-18-19)11-6-4-3-5-7-11;/h3-7,10,12H,8-9,15H2,1-2H3;1H/t12-;/m0./s1. The van der Waals surface area contributed by atoms with Crippen LogP contribution >= 0.6 is 12.4 Å². The molecule has 1 aromatic carbocycles. The predicted octanol–water partition coefficient (Wildman–Crippen LogP) is 1.70. The van der Waals surface area contributed by atoms with Gasteiger partial charge in [0.05, 0.1) is 6.04 Å². The summed E-state index contributed by atoms with van der Waals surface area (Å²) in [6, 6.07) is 9.05. The Balaban J connectivity index is 0.00000220. The summed E-state index contributed by atoms with van der Waals surface area (Å²) >= 11 is 0. The number of carbonyl (C=O) groups excluding carboxylic acids is 1. The van der Waals surface area contributed by atoms with Crippen molar-refractivity contribution in [2.24, 2.45) is 11.7 Å². The zero-order chi connectivity index (χ0) is 14.5. The number of aromatic nitrogens is 4. The maximum atomic E-state index is 11.9. The van der Waals surface area contributed by atoms with Crippen molar-refractivity contribution in [1.29, 1.82) is 0 Å². The molecule has 2 aromatic rings. The van der Waals surface area contributed by atoms with Crippen LogP contribution in [0.3, 0.4) is 0 Å². The lowest BCUT2D eigenvalue weighted by Gasteiger charge is -2.11. The Morgan fingerprint density at radius 1 is 1.29 bits per heavy atom. The Bertz CT molecular complexity index is 570. The number of halogens is 1. The zero-order valence-corrected chi connectivity index (χ0v) is 13.0. The molecule has 0 fully saturated rings. The highest BCUT2D eigenvalue weighted by atomic mass is 35.5. The van der Waals surface area contributed by atoms with Crippen LogP contribution in [-0.4, -0.2) is 32.0 Å². The molecule has 0 aliphatic heterocycles. The second-order valence-electron chi connectivity index (χ2n) is 5.21. The third-order valence-electron chi connectivity index (χ3n) is 2.92. The number of Topliss-reactive ketones (excluding diaryl/α,β-unsaturated/α-hetero) is 1. The largest absolute Gasteiger partial charge is 0.321 e. The lowest BCUT2D eigenvalue weighted by atomic mass is 10.0. The van der Waals surface area contributed by atoms with Gasteiger partial charge >= 0.3 is 0 Å². The normalized spacial score (nSPS) is 12.0. The predicted molar refractivity (Wildman–Crippen MR) is 82.9 cm³/mol. The number of ketones is 1. The molecule has 1 heterocycles. The lowest BCUT2D eigenvalue weighted by Crippen LogP contribution is -2.35. The van der Waals surface area contributed by atoms with Gasteiger partial charge in [-0.25, -0.2) is 0 Å². The van der Waals surface area contributed by atoms with Crippen LogP contribution < -0.4 is 5.73 Å². The number of benzene rings is 1. The number of nitrogens with zero attached hydrogens (tertiary/aromatic N) is 4. The van der Waals surface area contributed by atoms with Crippen molar-refractivity contribution in [3.05, 3.63) is 30.3 Å². The van der Waals surface area contributed by atoms with Gasteiger partial charge in [0.15, 0.2) is 5.78 Å². The van der Waals surface area contributed by atoms with Crippen molar-refractivity contribution >= 4 is 18.2 Å². The number of carbonyl (C=O) groups is 1. The van der Waals surface area contributed by atoms with E-state index in [4.69, 9.17) is 5.73 Å². The molecule has 0 bridgehead atoms. The molecule has 0 unspecified atom stereocenters. The van der Waals surface area contributed by atoms with Crippen molar-refractivity contribution in [3.63, 3.8) is 0 Å². The Morgan fingerprint density at radius 2 is 1.95 bits per heavy atom. The van der Waals surface area contributed by atoms with Crippen LogP contribution in [0.5, 0.6) is 0 Å². The summed E-state index contributed by atoms with van der Waals surface area (Å²) < 4.78 is 0. The van der Waals surface area contributed by atoms with E-state index in [1.807, 2.05) is 44.2 Å². The van der Waals surface area contributed by atoms with Gasteiger partial charge in [-0.2, -0.15) is 4.80 Å². The van der Waals surface area contributed by atoms with Gasteiger partial charge in [0.1, 0.15) is 6.54 Å². The van der Waals surface area contributed by atoms with Crippen LogP contribution in [0.2, 0.25) is 0 Å². The van der Waals surface area contributed by atoms with E-state index in [9.17, 15) is 4.79 Å². The summed E-state index contributed by atoms with van der Waals surface area (Å²) in [6.07, 6.45) is 0.666. The summed E-state index contributed by atoms with van der Waals surface area (Å²) in [5.41, 5.74) is 6.72. The first kappa shape index (κ1) is 17.3. The second kappa shape index (κ2) is 7.85. The van der Waals surface area contributed by atoms with E-state index >= 15 is 0 Å². The minimum absolute atomic E-state index is 0. The van der Waals surface area contributed by atoms with Gasteiger partial charge in [-0.05, 0) is 17.6 Å². The number of rotatable bonds is 6. The summed E-state index contributed by atoms with van der Waals surface area (Å²) in [5.74, 6) is 0.823. The Labute approximate surface area is 130 Å². The third kappa shape index (κ3) is 4.91. The SMILES string of the molecule is CC(C)C[C@H](N)C(=O)Cn1nnc(-c2ccccc2)n1.Cl. The quantitative estimate of drug-likeness (QED) is 0.877. The first-order valence-electron chi connectivity index (χ1n) is 6.68. The van der Waals surface area contributed by atoms with Crippen molar-refractivity contribution < 1.29 is 4.79 Å². The van der Waals surface area contributed by atoms with E-state index in [2.05, 4.69) is 15.4 Å². The van der Waals surface area contributed by atoms with Crippen LogP contribution in [0, 0.1) is 5.92 Å². The van der Waals surface area contributed by atoms with Gasteiger partial charge in [0.25, 0.3) is 0 Å². The smallest absolute Gasteiger partial charge is 0.204 e. The van der Waals surface area contributed by atoms with Crippen molar-refractivity contribution in [2.75, 3.05) is 0 Å². The second-order valence-corrected chi connectivity index (χ2v) is 5.21. The van der Waals surface area contributed by atoms with Crippen molar-refractivity contribution in [3.8, 4) is 11.4 Å². The molecule has 6 nitrogen and oxygen atoms in total. The van der Waals surface area contributed by atoms with Crippen LogP contribution in [0.25, 0.3) is 11.4 Å². The Morgan fingerprint density at radius 3 is 2.57 bits per heavy atom. The highest BCUT2D eigenvalue weighted by Crippen LogP contribution is 2.12. The Kier molecular flexibility index (Phi) is 6.45. The molecular weight excluding hydrogens is 290 g/mol. The van der Waals surface area contributed by atoms with Gasteiger partial charge < -0.3 is 5.73 Å². The summed E-state index contributed by atoms with van der Waals surface area (Å²) in [4.78, 5) is 13.2. The molecule has 0 amide bonds. The molecule has 1 atom stereocenters.